The second-order valence-electron chi connectivity index (χ2n) is 6.50. The molecule has 1 N–H and O–H groups in total. The molecule has 3 fully saturated rings. The van der Waals surface area contributed by atoms with E-state index in [0.717, 1.165) is 18.9 Å². The molecule has 21 heavy (non-hydrogen) atoms. The van der Waals surface area contributed by atoms with Gasteiger partial charge in [0.05, 0.1) is 12.3 Å². The van der Waals surface area contributed by atoms with E-state index in [1.807, 2.05) is 0 Å². The van der Waals surface area contributed by atoms with Crippen LogP contribution < -0.4 is 5.32 Å². The first-order valence-corrected chi connectivity index (χ1v) is 8.03. The minimum absolute atomic E-state index is 0.0959. The van der Waals surface area contributed by atoms with Crippen molar-refractivity contribution in [1.82, 2.24) is 15.3 Å². The highest BCUT2D eigenvalue weighted by Crippen LogP contribution is 2.51. The molecule has 0 unspecified atom stereocenters. The van der Waals surface area contributed by atoms with E-state index in [0.29, 0.717) is 23.6 Å². The van der Waals surface area contributed by atoms with Crippen LogP contribution in [0, 0.1) is 17.8 Å². The molecule has 0 aromatic carbocycles. The quantitative estimate of drug-likeness (QED) is 0.920. The van der Waals surface area contributed by atoms with Gasteiger partial charge in [-0.1, -0.05) is 25.7 Å². The molecule has 0 bridgehead atoms. The number of rotatable bonds is 3. The first-order chi connectivity index (χ1) is 10.3. The van der Waals surface area contributed by atoms with E-state index >= 15 is 0 Å². The van der Waals surface area contributed by atoms with E-state index < -0.39 is 0 Å². The lowest BCUT2D eigenvalue weighted by Crippen LogP contribution is -2.63. The van der Waals surface area contributed by atoms with E-state index in [-0.39, 0.29) is 11.9 Å². The summed E-state index contributed by atoms with van der Waals surface area (Å²) in [6.45, 7) is 0.843. The van der Waals surface area contributed by atoms with Crippen LogP contribution in [0.15, 0.2) is 18.6 Å². The minimum Gasteiger partial charge on any atom is -0.377 e. The fourth-order valence-electron chi connectivity index (χ4n) is 4.50. The molecule has 1 saturated heterocycles. The first-order valence-electron chi connectivity index (χ1n) is 8.03. The van der Waals surface area contributed by atoms with Gasteiger partial charge in [-0.05, 0) is 12.3 Å². The molecular formula is C16H21N3O2. The zero-order valence-corrected chi connectivity index (χ0v) is 12.1. The van der Waals surface area contributed by atoms with Crippen LogP contribution >= 0.6 is 0 Å². The molecule has 4 atom stereocenters. The van der Waals surface area contributed by atoms with Crippen molar-refractivity contribution >= 4 is 5.91 Å². The van der Waals surface area contributed by atoms with Gasteiger partial charge in [-0.3, -0.25) is 9.78 Å². The van der Waals surface area contributed by atoms with Crippen LogP contribution in [-0.4, -0.2) is 34.6 Å². The van der Waals surface area contributed by atoms with Crippen LogP contribution in [0.4, 0.5) is 0 Å². The first kappa shape index (κ1) is 13.2. The number of carbonyl (C=O) groups is 1. The molecular weight excluding hydrogens is 266 g/mol. The molecule has 2 aliphatic carbocycles. The van der Waals surface area contributed by atoms with Crippen molar-refractivity contribution in [2.45, 2.75) is 44.2 Å². The number of aromatic nitrogens is 2. The maximum absolute atomic E-state index is 12.3. The van der Waals surface area contributed by atoms with Gasteiger partial charge >= 0.3 is 0 Å². The van der Waals surface area contributed by atoms with E-state index in [2.05, 4.69) is 15.3 Å². The molecule has 1 amide bonds. The summed E-state index contributed by atoms with van der Waals surface area (Å²) in [6, 6.07) is 0.259. The smallest absolute Gasteiger partial charge is 0.271 e. The summed E-state index contributed by atoms with van der Waals surface area (Å²) in [5.74, 6) is 1.62. The number of hydrogen-bond donors (Lipinski definition) is 1. The van der Waals surface area contributed by atoms with Gasteiger partial charge in [0.2, 0.25) is 0 Å². The number of ether oxygens (including phenoxy) is 1. The third-order valence-corrected chi connectivity index (χ3v) is 5.48. The van der Waals surface area contributed by atoms with Crippen molar-refractivity contribution < 1.29 is 9.53 Å². The Balaban J connectivity index is 1.48. The van der Waals surface area contributed by atoms with Crippen molar-refractivity contribution in [1.29, 1.82) is 0 Å². The Morgan fingerprint density at radius 3 is 2.86 bits per heavy atom. The molecule has 2 heterocycles. The number of carbonyl (C=O) groups excluding carboxylic acids is 1. The molecule has 1 aromatic heterocycles. The molecule has 1 aromatic rings. The van der Waals surface area contributed by atoms with Gasteiger partial charge in [0.1, 0.15) is 5.69 Å². The van der Waals surface area contributed by atoms with Gasteiger partial charge in [-0.15, -0.1) is 0 Å². The minimum atomic E-state index is -0.0959. The number of nitrogens with one attached hydrogen (secondary N) is 1. The lowest BCUT2D eigenvalue weighted by atomic mass is 9.61. The molecule has 5 heteroatoms. The maximum atomic E-state index is 12.3. The van der Waals surface area contributed by atoms with Crippen LogP contribution in [-0.2, 0) is 4.74 Å². The van der Waals surface area contributed by atoms with Gasteiger partial charge in [-0.25, -0.2) is 4.98 Å². The topological polar surface area (TPSA) is 64.1 Å². The third kappa shape index (κ3) is 2.24. The van der Waals surface area contributed by atoms with Gasteiger partial charge < -0.3 is 10.1 Å². The predicted molar refractivity (Wildman–Crippen MR) is 76.6 cm³/mol. The highest BCUT2D eigenvalue weighted by atomic mass is 16.5. The van der Waals surface area contributed by atoms with Gasteiger partial charge in [-0.2, -0.15) is 0 Å². The second-order valence-corrected chi connectivity index (χ2v) is 6.50. The summed E-state index contributed by atoms with van der Waals surface area (Å²) in [7, 11) is 0. The van der Waals surface area contributed by atoms with Crippen molar-refractivity contribution in [3.8, 4) is 0 Å². The van der Waals surface area contributed by atoms with Crippen molar-refractivity contribution in [2.24, 2.45) is 17.8 Å². The normalized spacial score (nSPS) is 35.2. The summed E-state index contributed by atoms with van der Waals surface area (Å²) in [6.07, 6.45) is 11.3. The number of nitrogens with zero attached hydrogens (tertiary/aromatic N) is 2. The van der Waals surface area contributed by atoms with Gasteiger partial charge in [0, 0.05) is 36.9 Å². The van der Waals surface area contributed by atoms with Crippen LogP contribution in [0.2, 0.25) is 0 Å². The second kappa shape index (κ2) is 5.37. The van der Waals surface area contributed by atoms with E-state index in [9.17, 15) is 4.79 Å². The number of amides is 1. The Hall–Kier alpha value is -1.49. The van der Waals surface area contributed by atoms with Crippen molar-refractivity contribution in [2.75, 3.05) is 6.61 Å². The molecule has 1 aliphatic heterocycles. The Morgan fingerprint density at radius 1 is 1.24 bits per heavy atom. The summed E-state index contributed by atoms with van der Waals surface area (Å²) in [5.41, 5.74) is 0.407. The SMILES string of the molecule is O=C(N[C@H]1[C@@H]2CCO[C@@H]2[C@@H]1C1CCCC1)c1cnccn1. The maximum Gasteiger partial charge on any atom is 0.271 e. The van der Waals surface area contributed by atoms with Gasteiger partial charge in [0.25, 0.3) is 5.91 Å². The lowest BCUT2D eigenvalue weighted by molar-refractivity contribution is -0.0784. The van der Waals surface area contributed by atoms with Gasteiger partial charge in [0.15, 0.2) is 0 Å². The average molecular weight is 287 g/mol. The highest BCUT2D eigenvalue weighted by molar-refractivity contribution is 5.92. The van der Waals surface area contributed by atoms with E-state index in [4.69, 9.17) is 4.74 Å². The summed E-state index contributed by atoms with van der Waals surface area (Å²) >= 11 is 0. The van der Waals surface area contributed by atoms with Crippen LogP contribution in [0.3, 0.4) is 0 Å². The van der Waals surface area contributed by atoms with E-state index in [1.54, 1.807) is 12.4 Å². The molecule has 4 rings (SSSR count). The van der Waals surface area contributed by atoms with Crippen molar-refractivity contribution in [3.05, 3.63) is 24.3 Å². The van der Waals surface area contributed by atoms with Crippen LogP contribution in [0.1, 0.15) is 42.6 Å². The average Bonchev–Trinajstić information content (AvgIpc) is 3.16. The van der Waals surface area contributed by atoms with E-state index in [1.165, 1.54) is 31.9 Å². The molecule has 2 saturated carbocycles. The zero-order valence-electron chi connectivity index (χ0n) is 12.1. The molecule has 0 spiro atoms. The number of hydrogen-bond acceptors (Lipinski definition) is 4. The zero-order chi connectivity index (χ0) is 14.2. The molecule has 5 nitrogen and oxygen atoms in total. The van der Waals surface area contributed by atoms with Crippen LogP contribution in [0.25, 0.3) is 0 Å². The summed E-state index contributed by atoms with van der Waals surface area (Å²) in [5, 5.41) is 3.21. The Labute approximate surface area is 124 Å². The fourth-order valence-corrected chi connectivity index (χ4v) is 4.50. The Kier molecular flexibility index (Phi) is 3.37. The molecule has 112 valence electrons. The Morgan fingerprint density at radius 2 is 2.10 bits per heavy atom. The number of fused-ring (bicyclic) bond motifs is 1. The molecule has 0 radical (unpaired) electrons. The fraction of sp³-hybridized carbons (Fsp3) is 0.688. The van der Waals surface area contributed by atoms with Crippen molar-refractivity contribution in [3.63, 3.8) is 0 Å². The summed E-state index contributed by atoms with van der Waals surface area (Å²) in [4.78, 5) is 20.4. The third-order valence-electron chi connectivity index (χ3n) is 5.48. The lowest BCUT2D eigenvalue weighted by Gasteiger charge is -2.50. The van der Waals surface area contributed by atoms with Crippen LogP contribution in [0.5, 0.6) is 0 Å². The summed E-state index contributed by atoms with van der Waals surface area (Å²) < 4.78 is 5.92. The standard InChI is InChI=1S/C16H21N3O2/c20-16(12-9-17-6-7-18-12)19-14-11-5-8-21-15(11)13(14)10-3-1-2-4-10/h6-7,9-11,13-15H,1-5,8H2,(H,19,20)/t11-,13+,14-,15-/m0/s1. The largest absolute Gasteiger partial charge is 0.377 e. The molecule has 3 aliphatic rings. The predicted octanol–water partition coefficient (Wildman–Crippen LogP) is 1.80. The monoisotopic (exact) mass is 287 g/mol. The Bertz CT molecular complexity index is 511. The highest BCUT2D eigenvalue weighted by Gasteiger charge is 2.57.